The molecule has 0 atom stereocenters. The summed E-state index contributed by atoms with van der Waals surface area (Å²) in [5.74, 6) is -0.737. The largest absolute Gasteiger partial charge is 0.326 e. The van der Waals surface area contributed by atoms with Crippen LogP contribution in [0.5, 0.6) is 0 Å². The Morgan fingerprint density at radius 1 is 1.24 bits per heavy atom. The third-order valence-electron chi connectivity index (χ3n) is 2.95. The fraction of sp³-hybridized carbons (Fsp3) is 0.143. The summed E-state index contributed by atoms with van der Waals surface area (Å²) >= 11 is 5.64. The van der Waals surface area contributed by atoms with Crippen molar-refractivity contribution < 1.29 is 12.8 Å². The molecule has 0 aliphatic rings. The first-order valence-electron chi connectivity index (χ1n) is 6.11. The zero-order valence-corrected chi connectivity index (χ0v) is 12.8. The van der Waals surface area contributed by atoms with Crippen LogP contribution in [-0.4, -0.2) is 8.42 Å². The third kappa shape index (κ3) is 3.53. The predicted molar refractivity (Wildman–Crippen MR) is 81.3 cm³/mol. The van der Waals surface area contributed by atoms with E-state index in [-0.39, 0.29) is 22.2 Å². The van der Waals surface area contributed by atoms with Crippen LogP contribution in [0.25, 0.3) is 0 Å². The van der Waals surface area contributed by atoms with E-state index in [0.717, 1.165) is 6.07 Å². The molecule has 7 heteroatoms. The highest BCUT2D eigenvalue weighted by Crippen LogP contribution is 2.24. The van der Waals surface area contributed by atoms with Crippen LogP contribution in [0.4, 0.5) is 10.1 Å². The standard InChI is InChI=1S/C14H14ClFN2O2S/c1-9-2-3-10(8-17)6-14(9)21(19,20)18-13-5-4-11(15)7-12(13)16/h2-7,18H,8,17H2,1H3. The van der Waals surface area contributed by atoms with E-state index in [0.29, 0.717) is 11.1 Å². The molecule has 0 spiro atoms. The first kappa shape index (κ1) is 15.8. The summed E-state index contributed by atoms with van der Waals surface area (Å²) in [6, 6.07) is 8.61. The molecule has 0 heterocycles. The van der Waals surface area contributed by atoms with E-state index in [2.05, 4.69) is 4.72 Å². The van der Waals surface area contributed by atoms with Gasteiger partial charge in [-0.25, -0.2) is 12.8 Å². The highest BCUT2D eigenvalue weighted by Gasteiger charge is 2.19. The summed E-state index contributed by atoms with van der Waals surface area (Å²) in [5, 5.41) is 0.191. The number of hydrogen-bond donors (Lipinski definition) is 2. The van der Waals surface area contributed by atoms with Gasteiger partial charge in [0.05, 0.1) is 10.6 Å². The first-order chi connectivity index (χ1) is 9.83. The molecule has 2 aromatic carbocycles. The minimum atomic E-state index is -3.90. The molecule has 2 rings (SSSR count). The van der Waals surface area contributed by atoms with Gasteiger partial charge in [-0.1, -0.05) is 23.7 Å². The number of anilines is 1. The van der Waals surface area contributed by atoms with Crippen molar-refractivity contribution >= 4 is 27.3 Å². The highest BCUT2D eigenvalue weighted by molar-refractivity contribution is 7.92. The number of hydrogen-bond acceptors (Lipinski definition) is 3. The summed E-state index contributed by atoms with van der Waals surface area (Å²) in [6.07, 6.45) is 0. The molecule has 0 saturated carbocycles. The van der Waals surface area contributed by atoms with Gasteiger partial charge in [0.2, 0.25) is 0 Å². The van der Waals surface area contributed by atoms with Crippen LogP contribution >= 0.6 is 11.6 Å². The van der Waals surface area contributed by atoms with Crippen molar-refractivity contribution in [1.82, 2.24) is 0 Å². The molecule has 0 aliphatic heterocycles. The quantitative estimate of drug-likeness (QED) is 0.906. The van der Waals surface area contributed by atoms with Gasteiger partial charge >= 0.3 is 0 Å². The number of sulfonamides is 1. The Morgan fingerprint density at radius 2 is 1.95 bits per heavy atom. The Labute approximate surface area is 127 Å². The maximum Gasteiger partial charge on any atom is 0.262 e. The van der Waals surface area contributed by atoms with Crippen molar-refractivity contribution in [1.29, 1.82) is 0 Å². The molecule has 0 aromatic heterocycles. The molecule has 0 bridgehead atoms. The van der Waals surface area contributed by atoms with Gasteiger partial charge in [-0.05, 0) is 42.3 Å². The summed E-state index contributed by atoms with van der Waals surface area (Å²) in [7, 11) is -3.90. The van der Waals surface area contributed by atoms with Crippen LogP contribution in [0.1, 0.15) is 11.1 Å². The second-order valence-corrected chi connectivity index (χ2v) is 6.62. The summed E-state index contributed by atoms with van der Waals surface area (Å²) in [5.41, 5.74) is 6.59. The maximum absolute atomic E-state index is 13.7. The van der Waals surface area contributed by atoms with Crippen molar-refractivity contribution in [2.24, 2.45) is 5.73 Å². The molecule has 0 fully saturated rings. The molecule has 0 saturated heterocycles. The molecule has 112 valence electrons. The molecule has 0 aliphatic carbocycles. The zero-order chi connectivity index (χ0) is 15.6. The number of benzene rings is 2. The number of halogens is 2. The Balaban J connectivity index is 2.43. The van der Waals surface area contributed by atoms with Crippen molar-refractivity contribution in [2.75, 3.05) is 4.72 Å². The van der Waals surface area contributed by atoms with Crippen molar-refractivity contribution in [3.63, 3.8) is 0 Å². The lowest BCUT2D eigenvalue weighted by Gasteiger charge is -2.12. The molecule has 21 heavy (non-hydrogen) atoms. The minimum Gasteiger partial charge on any atom is -0.326 e. The van der Waals surface area contributed by atoms with Gasteiger partial charge in [-0.3, -0.25) is 4.72 Å². The maximum atomic E-state index is 13.7. The van der Waals surface area contributed by atoms with Gasteiger partial charge in [0.15, 0.2) is 0 Å². The fourth-order valence-corrected chi connectivity index (χ4v) is 3.36. The van der Waals surface area contributed by atoms with Crippen molar-refractivity contribution in [3.8, 4) is 0 Å². The monoisotopic (exact) mass is 328 g/mol. The number of nitrogens with one attached hydrogen (secondary N) is 1. The van der Waals surface area contributed by atoms with E-state index in [1.165, 1.54) is 18.2 Å². The van der Waals surface area contributed by atoms with E-state index in [9.17, 15) is 12.8 Å². The van der Waals surface area contributed by atoms with Crippen molar-refractivity contribution in [3.05, 3.63) is 58.4 Å². The van der Waals surface area contributed by atoms with Crippen LogP contribution in [0.3, 0.4) is 0 Å². The average molecular weight is 329 g/mol. The smallest absolute Gasteiger partial charge is 0.262 e. The molecule has 0 amide bonds. The molecule has 3 N–H and O–H groups in total. The van der Waals surface area contributed by atoms with E-state index < -0.39 is 15.8 Å². The van der Waals surface area contributed by atoms with Gasteiger partial charge in [-0.15, -0.1) is 0 Å². The SMILES string of the molecule is Cc1ccc(CN)cc1S(=O)(=O)Nc1ccc(Cl)cc1F. The number of aryl methyl sites for hydroxylation is 1. The highest BCUT2D eigenvalue weighted by atomic mass is 35.5. The summed E-state index contributed by atoms with van der Waals surface area (Å²) < 4.78 is 40.7. The fourth-order valence-electron chi connectivity index (χ4n) is 1.83. The van der Waals surface area contributed by atoms with Crippen LogP contribution < -0.4 is 10.5 Å². The summed E-state index contributed by atoms with van der Waals surface area (Å²) in [6.45, 7) is 1.88. The Morgan fingerprint density at radius 3 is 2.57 bits per heavy atom. The van der Waals surface area contributed by atoms with E-state index in [1.54, 1.807) is 19.1 Å². The molecule has 0 unspecified atom stereocenters. The second kappa shape index (κ2) is 6.01. The third-order valence-corrected chi connectivity index (χ3v) is 4.70. The molecule has 0 radical (unpaired) electrons. The van der Waals surface area contributed by atoms with Gasteiger partial charge in [0.1, 0.15) is 5.82 Å². The molecular formula is C14H14ClFN2O2S. The lowest BCUT2D eigenvalue weighted by Crippen LogP contribution is -2.16. The van der Waals surface area contributed by atoms with Crippen LogP contribution in [0, 0.1) is 12.7 Å². The van der Waals surface area contributed by atoms with Gasteiger partial charge in [-0.2, -0.15) is 0 Å². The Hall–Kier alpha value is -1.63. The van der Waals surface area contributed by atoms with Gasteiger partial charge in [0.25, 0.3) is 10.0 Å². The lowest BCUT2D eigenvalue weighted by molar-refractivity contribution is 0.598. The minimum absolute atomic E-state index is 0.0693. The molecule has 4 nitrogen and oxygen atoms in total. The Kier molecular flexibility index (Phi) is 4.51. The lowest BCUT2D eigenvalue weighted by atomic mass is 10.1. The van der Waals surface area contributed by atoms with Gasteiger partial charge < -0.3 is 5.73 Å². The average Bonchev–Trinajstić information content (AvgIpc) is 2.42. The van der Waals surface area contributed by atoms with E-state index >= 15 is 0 Å². The predicted octanol–water partition coefficient (Wildman–Crippen LogP) is 3.05. The molecule has 2 aromatic rings. The van der Waals surface area contributed by atoms with E-state index in [4.69, 9.17) is 17.3 Å². The van der Waals surface area contributed by atoms with Crippen LogP contribution in [0.15, 0.2) is 41.3 Å². The summed E-state index contributed by atoms with van der Waals surface area (Å²) in [4.78, 5) is 0.0693. The number of rotatable bonds is 4. The second-order valence-electron chi connectivity index (χ2n) is 4.53. The molecular weight excluding hydrogens is 315 g/mol. The van der Waals surface area contributed by atoms with E-state index in [1.807, 2.05) is 0 Å². The van der Waals surface area contributed by atoms with Crippen LogP contribution in [-0.2, 0) is 16.6 Å². The topological polar surface area (TPSA) is 72.2 Å². The normalized spacial score (nSPS) is 11.4. The van der Waals surface area contributed by atoms with Gasteiger partial charge in [0, 0.05) is 11.6 Å². The first-order valence-corrected chi connectivity index (χ1v) is 7.97. The zero-order valence-electron chi connectivity index (χ0n) is 11.2. The Bertz CT molecular complexity index is 779. The van der Waals surface area contributed by atoms with Crippen molar-refractivity contribution in [2.45, 2.75) is 18.4 Å². The van der Waals surface area contributed by atoms with Crippen LogP contribution in [0.2, 0.25) is 5.02 Å². The number of nitrogens with two attached hydrogens (primary N) is 1.